The van der Waals surface area contributed by atoms with E-state index in [9.17, 15) is 4.79 Å². The van der Waals surface area contributed by atoms with Crippen LogP contribution in [0.3, 0.4) is 0 Å². The summed E-state index contributed by atoms with van der Waals surface area (Å²) < 4.78 is 5.27. The van der Waals surface area contributed by atoms with Crippen LogP contribution in [0.25, 0.3) is 0 Å². The van der Waals surface area contributed by atoms with E-state index in [1.54, 1.807) is 24.3 Å². The van der Waals surface area contributed by atoms with E-state index in [-0.39, 0.29) is 12.5 Å². The average molecular weight is 282 g/mol. The molecule has 0 saturated carbocycles. The summed E-state index contributed by atoms with van der Waals surface area (Å²) in [5.41, 5.74) is 7.70. The van der Waals surface area contributed by atoms with Crippen molar-refractivity contribution < 1.29 is 9.21 Å². The van der Waals surface area contributed by atoms with Gasteiger partial charge in [0.2, 0.25) is 0 Å². The van der Waals surface area contributed by atoms with Gasteiger partial charge in [-0.3, -0.25) is 4.79 Å². The third-order valence-electron chi connectivity index (χ3n) is 3.05. The zero-order valence-corrected chi connectivity index (χ0v) is 12.2. The molecule has 4 heteroatoms. The second-order valence-corrected chi connectivity index (χ2v) is 4.80. The van der Waals surface area contributed by atoms with Crippen LogP contribution in [0.1, 0.15) is 27.2 Å². The molecule has 0 unspecified atom stereocenters. The maximum absolute atomic E-state index is 12.6. The molecule has 2 N–H and O–H groups in total. The molecule has 2 rings (SSSR count). The monoisotopic (exact) mass is 282 g/mol. The van der Waals surface area contributed by atoms with Crippen molar-refractivity contribution in [3.63, 3.8) is 0 Å². The summed E-state index contributed by atoms with van der Waals surface area (Å²) in [5.74, 6) is 6.40. The normalized spacial score (nSPS) is 9.86. The Balaban J connectivity index is 2.26. The molecule has 21 heavy (non-hydrogen) atoms. The topological polar surface area (TPSA) is 59.5 Å². The zero-order chi connectivity index (χ0) is 15.2. The van der Waals surface area contributed by atoms with E-state index in [1.807, 2.05) is 31.2 Å². The molecule has 0 radical (unpaired) electrons. The smallest absolute Gasteiger partial charge is 0.255 e. The third kappa shape index (κ3) is 3.74. The van der Waals surface area contributed by atoms with E-state index >= 15 is 0 Å². The maximum Gasteiger partial charge on any atom is 0.255 e. The van der Waals surface area contributed by atoms with Crippen LogP contribution in [-0.2, 0) is 6.54 Å². The number of rotatable bonds is 3. The van der Waals surface area contributed by atoms with Crippen molar-refractivity contribution in [2.45, 2.75) is 13.5 Å². The highest BCUT2D eigenvalue weighted by Gasteiger charge is 2.16. The van der Waals surface area contributed by atoms with Gasteiger partial charge in [-0.25, -0.2) is 0 Å². The van der Waals surface area contributed by atoms with Crippen LogP contribution in [0.4, 0.5) is 0 Å². The summed E-state index contributed by atoms with van der Waals surface area (Å²) >= 11 is 0. The number of hydrogen-bond acceptors (Lipinski definition) is 3. The first kappa shape index (κ1) is 14.9. The number of furan rings is 1. The molecular formula is C17H18N2O2. The lowest BCUT2D eigenvalue weighted by atomic mass is 10.0. The minimum atomic E-state index is -0.0866. The van der Waals surface area contributed by atoms with Crippen molar-refractivity contribution in [1.29, 1.82) is 0 Å². The number of benzene rings is 1. The molecule has 0 aliphatic heterocycles. The minimum absolute atomic E-state index is 0.0866. The fourth-order valence-corrected chi connectivity index (χ4v) is 2.00. The first-order valence-electron chi connectivity index (χ1n) is 6.69. The van der Waals surface area contributed by atoms with Gasteiger partial charge in [-0.2, -0.15) is 0 Å². The van der Waals surface area contributed by atoms with Crippen molar-refractivity contribution >= 4 is 5.91 Å². The molecule has 0 aliphatic carbocycles. The predicted octanol–water partition coefficient (Wildman–Crippen LogP) is 2.17. The van der Waals surface area contributed by atoms with Gasteiger partial charge >= 0.3 is 0 Å². The van der Waals surface area contributed by atoms with Crippen molar-refractivity contribution in [1.82, 2.24) is 4.90 Å². The number of carbonyl (C=O) groups excluding carboxylic acids is 1. The Morgan fingerprint density at radius 2 is 2.19 bits per heavy atom. The van der Waals surface area contributed by atoms with E-state index in [1.165, 1.54) is 0 Å². The molecule has 1 amide bonds. The van der Waals surface area contributed by atoms with Gasteiger partial charge in [0.1, 0.15) is 5.76 Å². The molecule has 1 aromatic heterocycles. The van der Waals surface area contributed by atoms with Gasteiger partial charge in [-0.15, -0.1) is 0 Å². The molecule has 0 aliphatic rings. The second kappa shape index (κ2) is 6.78. The van der Waals surface area contributed by atoms with Gasteiger partial charge in [0.15, 0.2) is 0 Å². The Bertz CT molecular complexity index is 679. The molecule has 1 aromatic carbocycles. The Hall–Kier alpha value is -2.51. The molecule has 0 saturated heterocycles. The molecule has 0 atom stereocenters. The van der Waals surface area contributed by atoms with E-state index in [4.69, 9.17) is 10.2 Å². The summed E-state index contributed by atoms with van der Waals surface area (Å²) in [7, 11) is 1.74. The van der Waals surface area contributed by atoms with Crippen LogP contribution in [0.15, 0.2) is 41.0 Å². The Kier molecular flexibility index (Phi) is 4.81. The van der Waals surface area contributed by atoms with Crippen LogP contribution >= 0.6 is 0 Å². The molecule has 4 nitrogen and oxygen atoms in total. The van der Waals surface area contributed by atoms with Crippen LogP contribution in [0.5, 0.6) is 0 Å². The highest BCUT2D eigenvalue weighted by molar-refractivity contribution is 5.96. The van der Waals surface area contributed by atoms with Crippen molar-refractivity contribution in [2.24, 2.45) is 5.73 Å². The Morgan fingerprint density at radius 3 is 2.86 bits per heavy atom. The lowest BCUT2D eigenvalue weighted by Crippen LogP contribution is -2.26. The number of amides is 1. The lowest BCUT2D eigenvalue weighted by Gasteiger charge is -2.17. The zero-order valence-electron chi connectivity index (χ0n) is 12.2. The van der Waals surface area contributed by atoms with Crippen LogP contribution in [0, 0.1) is 18.8 Å². The highest BCUT2D eigenvalue weighted by atomic mass is 16.3. The van der Waals surface area contributed by atoms with Gasteiger partial charge in [0.25, 0.3) is 5.91 Å². The van der Waals surface area contributed by atoms with E-state index in [0.717, 1.165) is 11.3 Å². The second-order valence-electron chi connectivity index (χ2n) is 4.80. The van der Waals surface area contributed by atoms with Gasteiger partial charge in [-0.1, -0.05) is 23.5 Å². The van der Waals surface area contributed by atoms with Gasteiger partial charge in [-0.05, 0) is 31.2 Å². The van der Waals surface area contributed by atoms with Crippen LogP contribution in [0.2, 0.25) is 0 Å². The minimum Gasteiger partial charge on any atom is -0.467 e. The molecule has 0 fully saturated rings. The fourth-order valence-electron chi connectivity index (χ4n) is 2.00. The fraction of sp³-hybridized carbons (Fsp3) is 0.235. The molecule has 0 spiro atoms. The van der Waals surface area contributed by atoms with Gasteiger partial charge < -0.3 is 15.1 Å². The molecule has 1 heterocycles. The summed E-state index contributed by atoms with van der Waals surface area (Å²) in [6.45, 7) is 2.64. The average Bonchev–Trinajstić information content (AvgIpc) is 2.98. The Labute approximate surface area is 124 Å². The van der Waals surface area contributed by atoms with Gasteiger partial charge in [0.05, 0.1) is 24.9 Å². The van der Waals surface area contributed by atoms with E-state index in [0.29, 0.717) is 17.7 Å². The number of hydrogen-bond donors (Lipinski definition) is 1. The predicted molar refractivity (Wildman–Crippen MR) is 81.6 cm³/mol. The lowest BCUT2D eigenvalue weighted by molar-refractivity contribution is 0.0775. The number of aryl methyl sites for hydroxylation is 1. The summed E-state index contributed by atoms with van der Waals surface area (Å²) in [5, 5.41) is 0. The van der Waals surface area contributed by atoms with Crippen LogP contribution < -0.4 is 5.73 Å². The number of carbonyl (C=O) groups is 1. The summed E-state index contributed by atoms with van der Waals surface area (Å²) in [4.78, 5) is 14.2. The summed E-state index contributed by atoms with van der Waals surface area (Å²) in [6.07, 6.45) is 1.60. The van der Waals surface area contributed by atoms with E-state index < -0.39 is 0 Å². The molecular weight excluding hydrogens is 264 g/mol. The summed E-state index contributed by atoms with van der Waals surface area (Å²) in [6, 6.07) is 9.28. The largest absolute Gasteiger partial charge is 0.467 e. The van der Waals surface area contributed by atoms with Crippen LogP contribution in [-0.4, -0.2) is 24.4 Å². The molecule has 0 bridgehead atoms. The first-order valence-corrected chi connectivity index (χ1v) is 6.69. The highest BCUT2D eigenvalue weighted by Crippen LogP contribution is 2.15. The van der Waals surface area contributed by atoms with Crippen molar-refractivity contribution in [3.8, 4) is 11.8 Å². The van der Waals surface area contributed by atoms with Crippen molar-refractivity contribution in [3.05, 3.63) is 59.0 Å². The standard InChI is InChI=1S/C17H18N2O2/c1-13-7-8-14(5-3-9-18)16(11-13)17(20)19(2)12-15-6-4-10-21-15/h4,6-8,10-11H,9,12,18H2,1-2H3. The first-order chi connectivity index (χ1) is 10.1. The van der Waals surface area contributed by atoms with Crippen molar-refractivity contribution in [2.75, 3.05) is 13.6 Å². The number of nitrogens with zero attached hydrogens (tertiary/aromatic N) is 1. The number of nitrogens with two attached hydrogens (primary N) is 1. The Morgan fingerprint density at radius 1 is 1.38 bits per heavy atom. The quantitative estimate of drug-likeness (QED) is 0.878. The van der Waals surface area contributed by atoms with E-state index in [2.05, 4.69) is 11.8 Å². The SMILES string of the molecule is Cc1ccc(C#CCN)c(C(=O)N(C)Cc2ccco2)c1. The maximum atomic E-state index is 12.6. The third-order valence-corrected chi connectivity index (χ3v) is 3.05. The molecule has 2 aromatic rings. The van der Waals surface area contributed by atoms with Gasteiger partial charge in [0, 0.05) is 12.6 Å². The molecule has 108 valence electrons.